The molecule has 0 aromatic carbocycles. The molecule has 1 heterocycles. The molecule has 0 radical (unpaired) electrons. The number of aliphatic hydroxyl groups excluding tert-OH is 2. The summed E-state index contributed by atoms with van der Waals surface area (Å²) in [6, 6.07) is 0. The molecule has 1 aliphatic rings. The monoisotopic (exact) mass is 245 g/mol. The van der Waals surface area contributed by atoms with Crippen molar-refractivity contribution in [3.63, 3.8) is 0 Å². The number of nitrogens with two attached hydrogens (primary N) is 1. The van der Waals surface area contributed by atoms with E-state index in [1.807, 2.05) is 0 Å². The van der Waals surface area contributed by atoms with Crippen LogP contribution in [-0.4, -0.2) is 47.0 Å². The van der Waals surface area contributed by atoms with Crippen LogP contribution in [0, 0.1) is 0 Å². The van der Waals surface area contributed by atoms with E-state index in [0.717, 1.165) is 0 Å². The fourth-order valence-corrected chi connectivity index (χ4v) is 1.17. The van der Waals surface area contributed by atoms with Crippen molar-refractivity contribution in [2.45, 2.75) is 37.6 Å². The van der Waals surface area contributed by atoms with Crippen molar-refractivity contribution in [1.29, 1.82) is 0 Å². The van der Waals surface area contributed by atoms with Crippen molar-refractivity contribution in [3.8, 4) is 0 Å². The van der Waals surface area contributed by atoms with Crippen LogP contribution in [0.3, 0.4) is 0 Å². The molecule has 0 aromatic heterocycles. The van der Waals surface area contributed by atoms with Crippen molar-refractivity contribution in [2.75, 3.05) is 0 Å². The van der Waals surface area contributed by atoms with Crippen molar-refractivity contribution in [2.24, 2.45) is 5.73 Å². The third kappa shape index (κ3) is 3.82. The molecule has 1 fully saturated rings. The van der Waals surface area contributed by atoms with Gasteiger partial charge in [-0.1, -0.05) is 0 Å². The van der Waals surface area contributed by atoms with Crippen LogP contribution in [0.15, 0.2) is 0 Å². The first-order valence-electron chi connectivity index (χ1n) is 4.23. The molecule has 0 aliphatic carbocycles. The Hall–Kier alpha value is 0.0700. The van der Waals surface area contributed by atoms with E-state index >= 15 is 0 Å². The Morgan fingerprint density at radius 2 is 2.00 bits per heavy atom. The van der Waals surface area contributed by atoms with Gasteiger partial charge in [0.1, 0.15) is 6.10 Å². The van der Waals surface area contributed by atoms with E-state index in [9.17, 15) is 20.1 Å². The summed E-state index contributed by atoms with van der Waals surface area (Å²) in [6.45, 7) is 1.43. The third-order valence-electron chi connectivity index (χ3n) is 2.01. The van der Waals surface area contributed by atoms with Crippen LogP contribution in [-0.2, 0) is 14.5 Å². The number of hydrogen-bond acceptors (Lipinski definition) is 7. The van der Waals surface area contributed by atoms with Gasteiger partial charge in [-0.05, 0) is 13.0 Å². The van der Waals surface area contributed by atoms with Gasteiger partial charge in [0.15, 0.2) is 6.29 Å². The van der Waals surface area contributed by atoms with Gasteiger partial charge in [-0.3, -0.25) is 4.89 Å². The molecule has 0 spiro atoms. The maximum absolute atomic E-state index is 11.3. The maximum Gasteiger partial charge on any atom is 1.00 e. The fraction of sp³-hybridized carbons (Fsp3) is 0.857. The average molecular weight is 245 g/mol. The molecule has 0 unspecified atom stereocenters. The summed E-state index contributed by atoms with van der Waals surface area (Å²) in [5, 5.41) is 29.8. The van der Waals surface area contributed by atoms with Gasteiger partial charge in [0.05, 0.1) is 12.2 Å². The minimum absolute atomic E-state index is 0. The van der Waals surface area contributed by atoms with Crippen LogP contribution in [0.4, 0.5) is 4.79 Å². The number of primary amides is 1. The second-order valence-electron chi connectivity index (χ2n) is 3.15. The van der Waals surface area contributed by atoms with Gasteiger partial charge in [0.25, 0.3) is 0 Å². The Labute approximate surface area is 113 Å². The van der Waals surface area contributed by atoms with E-state index in [4.69, 9.17) is 4.74 Å². The topological polar surface area (TPSA) is 134 Å². The molecule has 4 N–H and O–H groups in total. The molecule has 1 aliphatic heterocycles. The molecule has 0 saturated carbocycles. The van der Waals surface area contributed by atoms with E-state index < -0.39 is 36.8 Å². The molecular formula is C7H12NNaO7. The summed E-state index contributed by atoms with van der Waals surface area (Å²) in [5.74, 6) is 0. The number of carbonyl (C=O) groups is 1. The first-order chi connectivity index (χ1) is 6.93. The van der Waals surface area contributed by atoms with Gasteiger partial charge in [-0.15, -0.1) is 0 Å². The Kier molecular flexibility index (Phi) is 6.75. The molecule has 8 nitrogen and oxygen atoms in total. The molecule has 5 atom stereocenters. The minimum atomic E-state index is -1.78. The van der Waals surface area contributed by atoms with Crippen LogP contribution < -0.4 is 40.4 Å². The summed E-state index contributed by atoms with van der Waals surface area (Å²) in [7, 11) is 0. The van der Waals surface area contributed by atoms with Crippen LogP contribution in [0.5, 0.6) is 0 Å². The van der Waals surface area contributed by atoms with E-state index in [1.54, 1.807) is 0 Å². The summed E-state index contributed by atoms with van der Waals surface area (Å²) in [4.78, 5) is 18.4. The normalized spacial score (nSPS) is 38.6. The van der Waals surface area contributed by atoms with E-state index in [2.05, 4.69) is 15.5 Å². The fourth-order valence-electron chi connectivity index (χ4n) is 1.17. The van der Waals surface area contributed by atoms with E-state index in [0.29, 0.717) is 0 Å². The number of aliphatic hydroxyl groups is 2. The zero-order chi connectivity index (χ0) is 11.6. The Morgan fingerprint density at radius 3 is 2.50 bits per heavy atom. The van der Waals surface area contributed by atoms with Crippen LogP contribution in [0.25, 0.3) is 0 Å². The molecule has 1 rings (SSSR count). The predicted molar refractivity (Wildman–Crippen MR) is 41.9 cm³/mol. The molecular weight excluding hydrogens is 233 g/mol. The third-order valence-corrected chi connectivity index (χ3v) is 2.01. The SMILES string of the molecule is C[C@H]1O[C@@H](OOC(N)=O)[C@H]([O-])[C@@H](O)[C@@H]1O.[Na+]. The Bertz CT molecular complexity index is 241. The molecule has 1 amide bonds. The minimum Gasteiger partial charge on any atom is -0.846 e. The Morgan fingerprint density at radius 1 is 1.44 bits per heavy atom. The van der Waals surface area contributed by atoms with Gasteiger partial charge < -0.3 is 25.8 Å². The number of rotatable bonds is 2. The van der Waals surface area contributed by atoms with Gasteiger partial charge in [-0.25, -0.2) is 4.79 Å². The zero-order valence-electron chi connectivity index (χ0n) is 8.90. The standard InChI is InChI=1S/C7H12NO7.Na/c1-2-3(9)4(10)5(11)6(13-2)14-15-7(8)12;/h2-6,9-10H,1H3,(H2,8,12);/q-1;+1/t2-,3-,4+,5-,6+;/m1./s1. The summed E-state index contributed by atoms with van der Waals surface area (Å²) in [5.41, 5.74) is 4.60. The molecule has 88 valence electrons. The van der Waals surface area contributed by atoms with Gasteiger partial charge >= 0.3 is 35.7 Å². The van der Waals surface area contributed by atoms with Gasteiger partial charge in [0.2, 0.25) is 0 Å². The van der Waals surface area contributed by atoms with Crippen LogP contribution >= 0.6 is 0 Å². The Balaban J connectivity index is 0.00000225. The molecule has 1 saturated heterocycles. The summed E-state index contributed by atoms with van der Waals surface area (Å²) in [6.07, 6.45) is -8.19. The van der Waals surface area contributed by atoms with Gasteiger partial charge in [0, 0.05) is 0 Å². The van der Waals surface area contributed by atoms with Crippen molar-refractivity contribution >= 4 is 6.09 Å². The molecule has 9 heteroatoms. The zero-order valence-corrected chi connectivity index (χ0v) is 10.9. The first kappa shape index (κ1) is 16.1. The van der Waals surface area contributed by atoms with Crippen molar-refractivity contribution < 1.29 is 64.2 Å². The van der Waals surface area contributed by atoms with Crippen molar-refractivity contribution in [1.82, 2.24) is 0 Å². The number of hydrogen-bond donors (Lipinski definition) is 3. The number of ether oxygens (including phenoxy) is 1. The smallest absolute Gasteiger partial charge is 0.846 e. The second kappa shape index (κ2) is 6.72. The predicted octanol–water partition coefficient (Wildman–Crippen LogP) is -5.79. The summed E-state index contributed by atoms with van der Waals surface area (Å²) >= 11 is 0. The van der Waals surface area contributed by atoms with Crippen molar-refractivity contribution in [3.05, 3.63) is 0 Å². The van der Waals surface area contributed by atoms with E-state index in [-0.39, 0.29) is 29.6 Å². The van der Waals surface area contributed by atoms with Crippen LogP contribution in [0.2, 0.25) is 0 Å². The largest absolute Gasteiger partial charge is 1.00 e. The number of amides is 1. The average Bonchev–Trinajstić information content (AvgIpc) is 2.18. The number of carbonyl (C=O) groups excluding carboxylic acids is 1. The molecule has 0 aromatic rings. The first-order valence-corrected chi connectivity index (χ1v) is 4.23. The maximum atomic E-state index is 11.3. The molecule has 0 bridgehead atoms. The second-order valence-corrected chi connectivity index (χ2v) is 3.15. The quantitative estimate of drug-likeness (QED) is 0.250. The van der Waals surface area contributed by atoms with Crippen LogP contribution in [0.1, 0.15) is 6.92 Å². The molecule has 16 heavy (non-hydrogen) atoms. The summed E-state index contributed by atoms with van der Waals surface area (Å²) < 4.78 is 4.85. The van der Waals surface area contributed by atoms with Gasteiger partial charge in [-0.2, -0.15) is 4.89 Å². The van der Waals surface area contributed by atoms with E-state index in [1.165, 1.54) is 6.92 Å².